The number of hydrogen-bond acceptors (Lipinski definition) is 2. The largest absolute Gasteiger partial charge is 0.348 e. The summed E-state index contributed by atoms with van der Waals surface area (Å²) in [5, 5.41) is 3.22. The van der Waals surface area contributed by atoms with Crippen LogP contribution >= 0.6 is 43.2 Å². The number of rotatable bonds is 4. The van der Waals surface area contributed by atoms with Crippen molar-refractivity contribution in [3.63, 3.8) is 0 Å². The van der Waals surface area contributed by atoms with E-state index in [-0.39, 0.29) is 5.91 Å². The van der Waals surface area contributed by atoms with Gasteiger partial charge in [0.15, 0.2) is 0 Å². The van der Waals surface area contributed by atoms with E-state index in [1.165, 1.54) is 43.4 Å². The molecule has 0 bridgehead atoms. The van der Waals surface area contributed by atoms with Crippen molar-refractivity contribution in [2.45, 2.75) is 51.5 Å². The van der Waals surface area contributed by atoms with Crippen LogP contribution in [0, 0.1) is 5.92 Å². The van der Waals surface area contributed by atoms with Gasteiger partial charge in [-0.15, -0.1) is 11.3 Å². The molecule has 1 aliphatic rings. The maximum Gasteiger partial charge on any atom is 0.261 e. The molecule has 19 heavy (non-hydrogen) atoms. The molecule has 0 aromatic carbocycles. The van der Waals surface area contributed by atoms with Gasteiger partial charge in [0.2, 0.25) is 0 Å². The molecule has 0 saturated heterocycles. The molecule has 2 rings (SSSR count). The Morgan fingerprint density at radius 1 is 1.42 bits per heavy atom. The predicted molar refractivity (Wildman–Crippen MR) is 87.8 cm³/mol. The molecule has 0 radical (unpaired) electrons. The Morgan fingerprint density at radius 3 is 2.63 bits per heavy atom. The highest BCUT2D eigenvalue weighted by Gasteiger charge is 2.24. The van der Waals surface area contributed by atoms with Crippen LogP contribution in [0.15, 0.2) is 14.3 Å². The minimum absolute atomic E-state index is 0.0637. The molecule has 1 unspecified atom stereocenters. The number of carbonyl (C=O) groups is 1. The first-order valence-electron chi connectivity index (χ1n) is 6.87. The monoisotopic (exact) mass is 407 g/mol. The second-order valence-corrected chi connectivity index (χ2v) is 8.34. The zero-order valence-corrected chi connectivity index (χ0v) is 15.0. The number of amides is 1. The van der Waals surface area contributed by atoms with Gasteiger partial charge in [-0.1, -0.05) is 26.2 Å². The van der Waals surface area contributed by atoms with Crippen molar-refractivity contribution in [1.82, 2.24) is 5.32 Å². The standard InChI is InChI=1S/C14H19Br2NOS/c1-2-11(9-6-4-3-5-7-9)17-14(18)12-8-10(15)13(16)19-12/h8-9,11H,2-7H2,1H3,(H,17,18). The van der Waals surface area contributed by atoms with E-state index in [1.807, 2.05) is 6.07 Å². The molecule has 0 aliphatic heterocycles. The lowest BCUT2D eigenvalue weighted by molar-refractivity contribution is 0.0915. The first kappa shape index (κ1) is 15.5. The zero-order valence-electron chi connectivity index (χ0n) is 11.0. The first-order valence-corrected chi connectivity index (χ1v) is 9.27. The minimum Gasteiger partial charge on any atom is -0.348 e. The van der Waals surface area contributed by atoms with Gasteiger partial charge in [0.05, 0.1) is 8.66 Å². The first-order chi connectivity index (χ1) is 9.11. The molecule has 0 spiro atoms. The van der Waals surface area contributed by atoms with E-state index in [2.05, 4.69) is 44.1 Å². The fraction of sp³-hybridized carbons (Fsp3) is 0.643. The Labute approximate surface area is 135 Å². The fourth-order valence-corrected chi connectivity index (χ4v) is 4.73. The summed E-state index contributed by atoms with van der Waals surface area (Å²) in [4.78, 5) is 13.1. The van der Waals surface area contributed by atoms with Gasteiger partial charge in [-0.25, -0.2) is 0 Å². The van der Waals surface area contributed by atoms with Gasteiger partial charge in [0, 0.05) is 10.5 Å². The molecule has 1 aromatic rings. The normalized spacial score (nSPS) is 18.3. The van der Waals surface area contributed by atoms with Gasteiger partial charge in [0.25, 0.3) is 5.91 Å². The lowest BCUT2D eigenvalue weighted by Crippen LogP contribution is -2.40. The Bertz CT molecular complexity index is 421. The third-order valence-corrected chi connectivity index (χ3v) is 7.10. The number of halogens is 2. The number of carbonyl (C=O) groups excluding carboxylic acids is 1. The van der Waals surface area contributed by atoms with Crippen molar-refractivity contribution in [2.24, 2.45) is 5.92 Å². The van der Waals surface area contributed by atoms with Gasteiger partial charge in [-0.05, 0) is 63.1 Å². The third-order valence-electron chi connectivity index (χ3n) is 3.84. The van der Waals surface area contributed by atoms with E-state index in [0.717, 1.165) is 19.6 Å². The SMILES string of the molecule is CCC(NC(=O)c1cc(Br)c(Br)s1)C1CCCCC1. The van der Waals surface area contributed by atoms with Gasteiger partial charge in [-0.2, -0.15) is 0 Å². The Morgan fingerprint density at radius 2 is 2.11 bits per heavy atom. The summed E-state index contributed by atoms with van der Waals surface area (Å²) in [6.07, 6.45) is 7.52. The summed E-state index contributed by atoms with van der Waals surface area (Å²) >= 11 is 8.34. The van der Waals surface area contributed by atoms with Gasteiger partial charge in [0.1, 0.15) is 0 Å². The highest BCUT2D eigenvalue weighted by molar-refractivity contribution is 9.13. The van der Waals surface area contributed by atoms with Crippen LogP contribution in [-0.2, 0) is 0 Å². The summed E-state index contributed by atoms with van der Waals surface area (Å²) in [5.74, 6) is 0.725. The summed E-state index contributed by atoms with van der Waals surface area (Å²) in [7, 11) is 0. The van der Waals surface area contributed by atoms with E-state index in [1.54, 1.807) is 0 Å². The molecule has 1 fully saturated rings. The zero-order chi connectivity index (χ0) is 13.8. The van der Waals surface area contributed by atoms with Crippen molar-refractivity contribution in [3.8, 4) is 0 Å². The molecule has 1 atom stereocenters. The quantitative estimate of drug-likeness (QED) is 0.713. The van der Waals surface area contributed by atoms with E-state index >= 15 is 0 Å². The summed E-state index contributed by atoms with van der Waals surface area (Å²) in [6.45, 7) is 2.17. The van der Waals surface area contributed by atoms with Gasteiger partial charge >= 0.3 is 0 Å². The highest BCUT2D eigenvalue weighted by Crippen LogP contribution is 2.33. The molecular formula is C14H19Br2NOS. The predicted octanol–water partition coefficient (Wildman–Crippen LogP) is 5.36. The molecule has 1 saturated carbocycles. The number of hydrogen-bond donors (Lipinski definition) is 1. The van der Waals surface area contributed by atoms with Gasteiger partial charge < -0.3 is 5.32 Å². The van der Waals surface area contributed by atoms with E-state index in [4.69, 9.17) is 0 Å². The van der Waals surface area contributed by atoms with Crippen molar-refractivity contribution >= 4 is 49.1 Å². The molecule has 1 aliphatic carbocycles. The molecule has 1 aromatic heterocycles. The second-order valence-electron chi connectivity index (χ2n) is 5.12. The molecular weight excluding hydrogens is 390 g/mol. The van der Waals surface area contributed by atoms with Crippen molar-refractivity contribution in [3.05, 3.63) is 19.2 Å². The molecule has 106 valence electrons. The van der Waals surface area contributed by atoms with Gasteiger partial charge in [-0.3, -0.25) is 4.79 Å². The minimum atomic E-state index is 0.0637. The highest BCUT2D eigenvalue weighted by atomic mass is 79.9. The lowest BCUT2D eigenvalue weighted by Gasteiger charge is -2.30. The smallest absolute Gasteiger partial charge is 0.261 e. The molecule has 5 heteroatoms. The summed E-state index contributed by atoms with van der Waals surface area (Å²) in [6, 6.07) is 2.21. The van der Waals surface area contributed by atoms with Crippen molar-refractivity contribution in [1.29, 1.82) is 0 Å². The number of nitrogens with one attached hydrogen (secondary N) is 1. The summed E-state index contributed by atoms with van der Waals surface area (Å²) in [5.41, 5.74) is 0. The number of thiophene rings is 1. The lowest BCUT2D eigenvalue weighted by atomic mass is 9.83. The summed E-state index contributed by atoms with van der Waals surface area (Å²) < 4.78 is 1.93. The molecule has 1 amide bonds. The maximum absolute atomic E-state index is 12.3. The molecule has 1 heterocycles. The van der Waals surface area contributed by atoms with E-state index in [9.17, 15) is 4.79 Å². The maximum atomic E-state index is 12.3. The third kappa shape index (κ3) is 4.05. The van der Waals surface area contributed by atoms with Crippen LogP contribution in [0.1, 0.15) is 55.1 Å². The topological polar surface area (TPSA) is 29.1 Å². The fourth-order valence-electron chi connectivity index (χ4n) is 2.79. The van der Waals surface area contributed by atoms with Crippen LogP contribution in [0.4, 0.5) is 0 Å². The van der Waals surface area contributed by atoms with Crippen molar-refractivity contribution in [2.75, 3.05) is 0 Å². The van der Waals surface area contributed by atoms with Crippen LogP contribution < -0.4 is 5.32 Å². The van der Waals surface area contributed by atoms with Crippen LogP contribution in [0.25, 0.3) is 0 Å². The average molecular weight is 409 g/mol. The Balaban J connectivity index is 1.99. The Kier molecular flexibility index (Phi) is 5.90. The Hall–Kier alpha value is 0.130. The van der Waals surface area contributed by atoms with Crippen molar-refractivity contribution < 1.29 is 4.79 Å². The van der Waals surface area contributed by atoms with Crippen LogP contribution in [0.2, 0.25) is 0 Å². The van der Waals surface area contributed by atoms with Crippen LogP contribution in [-0.4, -0.2) is 11.9 Å². The second kappa shape index (κ2) is 7.23. The van der Waals surface area contributed by atoms with Crippen LogP contribution in [0.5, 0.6) is 0 Å². The average Bonchev–Trinajstić information content (AvgIpc) is 2.77. The van der Waals surface area contributed by atoms with E-state index < -0.39 is 0 Å². The van der Waals surface area contributed by atoms with E-state index in [0.29, 0.717) is 12.0 Å². The molecule has 1 N–H and O–H groups in total. The van der Waals surface area contributed by atoms with Crippen LogP contribution in [0.3, 0.4) is 0 Å². The molecule has 2 nitrogen and oxygen atoms in total.